The molecular formula is C19H17BrN2O2S. The third kappa shape index (κ3) is 4.67. The molecule has 3 aromatic rings. The molecule has 0 saturated carbocycles. The van der Waals surface area contributed by atoms with Gasteiger partial charge in [0.25, 0.3) is 5.91 Å². The summed E-state index contributed by atoms with van der Waals surface area (Å²) in [7, 11) is 0. The molecule has 0 unspecified atom stereocenters. The van der Waals surface area contributed by atoms with E-state index in [1.54, 1.807) is 0 Å². The van der Waals surface area contributed by atoms with Crippen LogP contribution in [0.5, 0.6) is 5.75 Å². The first-order valence-corrected chi connectivity index (χ1v) is 9.40. The zero-order valence-electron chi connectivity index (χ0n) is 13.9. The molecule has 3 rings (SSSR count). The van der Waals surface area contributed by atoms with Gasteiger partial charge < -0.3 is 4.74 Å². The molecule has 0 aliphatic carbocycles. The summed E-state index contributed by atoms with van der Waals surface area (Å²) in [6, 6.07) is 13.7. The second-order valence-corrected chi connectivity index (χ2v) is 7.40. The summed E-state index contributed by atoms with van der Waals surface area (Å²) in [4.78, 5) is 16.5. The van der Waals surface area contributed by atoms with Crippen LogP contribution in [0.15, 0.2) is 52.3 Å². The predicted octanol–water partition coefficient (Wildman–Crippen LogP) is 5.21. The lowest BCUT2D eigenvalue weighted by molar-refractivity contribution is -0.118. The van der Waals surface area contributed by atoms with Gasteiger partial charge in [-0.1, -0.05) is 34.1 Å². The number of thiazole rings is 1. The van der Waals surface area contributed by atoms with Crippen molar-refractivity contribution < 1.29 is 9.53 Å². The summed E-state index contributed by atoms with van der Waals surface area (Å²) < 4.78 is 6.56. The van der Waals surface area contributed by atoms with E-state index in [1.165, 1.54) is 16.9 Å². The van der Waals surface area contributed by atoms with Crippen molar-refractivity contribution in [3.8, 4) is 17.0 Å². The minimum Gasteiger partial charge on any atom is -0.484 e. The van der Waals surface area contributed by atoms with Gasteiger partial charge in [-0.15, -0.1) is 11.3 Å². The number of amides is 1. The molecule has 1 N–H and O–H groups in total. The van der Waals surface area contributed by atoms with Crippen molar-refractivity contribution in [3.63, 3.8) is 0 Å². The molecule has 0 saturated heterocycles. The van der Waals surface area contributed by atoms with Gasteiger partial charge in [0.15, 0.2) is 11.7 Å². The van der Waals surface area contributed by atoms with Crippen molar-refractivity contribution in [2.45, 2.75) is 13.8 Å². The van der Waals surface area contributed by atoms with Gasteiger partial charge in [0.2, 0.25) is 0 Å². The predicted molar refractivity (Wildman–Crippen MR) is 105 cm³/mol. The minimum absolute atomic E-state index is 0.0459. The number of nitrogens with one attached hydrogen (secondary N) is 1. The Hall–Kier alpha value is -2.18. The van der Waals surface area contributed by atoms with Gasteiger partial charge in [-0.25, -0.2) is 4.98 Å². The Morgan fingerprint density at radius 3 is 2.64 bits per heavy atom. The molecule has 128 valence electrons. The first kappa shape index (κ1) is 17.6. The maximum absolute atomic E-state index is 12.1. The van der Waals surface area contributed by atoms with E-state index in [4.69, 9.17) is 4.74 Å². The highest BCUT2D eigenvalue weighted by atomic mass is 79.9. The molecule has 0 fully saturated rings. The van der Waals surface area contributed by atoms with Crippen LogP contribution in [0.4, 0.5) is 5.13 Å². The van der Waals surface area contributed by atoms with Crippen molar-refractivity contribution in [2.24, 2.45) is 0 Å². The van der Waals surface area contributed by atoms with Gasteiger partial charge in [0.1, 0.15) is 5.75 Å². The normalized spacial score (nSPS) is 10.5. The second kappa shape index (κ2) is 7.80. The number of carbonyl (C=O) groups is 1. The van der Waals surface area contributed by atoms with Crippen LogP contribution in [-0.2, 0) is 4.79 Å². The van der Waals surface area contributed by atoms with Gasteiger partial charge in [-0.3, -0.25) is 10.1 Å². The second-order valence-electron chi connectivity index (χ2n) is 5.63. The topological polar surface area (TPSA) is 51.2 Å². The Kier molecular flexibility index (Phi) is 5.50. The fourth-order valence-electron chi connectivity index (χ4n) is 2.19. The molecular weight excluding hydrogens is 400 g/mol. The molecule has 1 heterocycles. The molecule has 1 amide bonds. The number of aryl methyl sites for hydroxylation is 2. The summed E-state index contributed by atoms with van der Waals surface area (Å²) in [5.41, 5.74) is 4.17. The third-order valence-electron chi connectivity index (χ3n) is 3.74. The maximum atomic E-state index is 12.1. The molecule has 25 heavy (non-hydrogen) atoms. The van der Waals surface area contributed by atoms with Crippen molar-refractivity contribution >= 4 is 38.3 Å². The number of aromatic nitrogens is 1. The molecule has 2 aromatic carbocycles. The number of rotatable bonds is 5. The fourth-order valence-corrected chi connectivity index (χ4v) is 3.19. The van der Waals surface area contributed by atoms with Crippen LogP contribution >= 0.6 is 27.3 Å². The Morgan fingerprint density at radius 1 is 1.16 bits per heavy atom. The third-order valence-corrected chi connectivity index (χ3v) is 5.03. The largest absolute Gasteiger partial charge is 0.484 e. The zero-order chi connectivity index (χ0) is 17.8. The molecule has 0 bridgehead atoms. The van der Waals surface area contributed by atoms with Crippen LogP contribution in [0.25, 0.3) is 11.3 Å². The summed E-state index contributed by atoms with van der Waals surface area (Å²) in [5.74, 6) is 0.461. The average molecular weight is 417 g/mol. The van der Waals surface area contributed by atoms with E-state index in [0.29, 0.717) is 10.9 Å². The van der Waals surface area contributed by atoms with Crippen LogP contribution in [0, 0.1) is 13.8 Å². The number of hydrogen-bond acceptors (Lipinski definition) is 4. The molecule has 0 aliphatic heterocycles. The maximum Gasteiger partial charge on any atom is 0.264 e. The number of carbonyl (C=O) groups excluding carboxylic acids is 1. The molecule has 0 aliphatic rings. The quantitative estimate of drug-likeness (QED) is 0.620. The highest BCUT2D eigenvalue weighted by molar-refractivity contribution is 9.10. The monoisotopic (exact) mass is 416 g/mol. The van der Waals surface area contributed by atoms with Crippen LogP contribution < -0.4 is 10.1 Å². The number of hydrogen-bond donors (Lipinski definition) is 1. The average Bonchev–Trinajstić information content (AvgIpc) is 3.05. The first-order valence-electron chi connectivity index (χ1n) is 7.72. The molecule has 0 atom stereocenters. The summed E-state index contributed by atoms with van der Waals surface area (Å²) in [6.07, 6.45) is 0. The summed E-state index contributed by atoms with van der Waals surface area (Å²) in [6.45, 7) is 4.01. The van der Waals surface area contributed by atoms with Gasteiger partial charge in [0, 0.05) is 15.4 Å². The van der Waals surface area contributed by atoms with Gasteiger partial charge in [-0.2, -0.15) is 0 Å². The van der Waals surface area contributed by atoms with E-state index in [1.807, 2.05) is 61.7 Å². The van der Waals surface area contributed by atoms with E-state index >= 15 is 0 Å². The lowest BCUT2D eigenvalue weighted by atomic mass is 10.1. The Bertz CT molecular complexity index is 891. The highest BCUT2D eigenvalue weighted by Gasteiger charge is 2.09. The summed E-state index contributed by atoms with van der Waals surface area (Å²) in [5, 5.41) is 5.26. The number of halogens is 1. The van der Waals surface area contributed by atoms with E-state index in [9.17, 15) is 4.79 Å². The number of ether oxygens (including phenoxy) is 1. The van der Waals surface area contributed by atoms with Crippen molar-refractivity contribution in [1.29, 1.82) is 0 Å². The molecule has 4 nitrogen and oxygen atoms in total. The Labute approximate surface area is 159 Å². The molecule has 0 radical (unpaired) electrons. The lowest BCUT2D eigenvalue weighted by Gasteiger charge is -2.07. The number of nitrogens with zero attached hydrogens (tertiary/aromatic N) is 1. The highest BCUT2D eigenvalue weighted by Crippen LogP contribution is 2.26. The summed E-state index contributed by atoms with van der Waals surface area (Å²) >= 11 is 4.80. The minimum atomic E-state index is -0.227. The van der Waals surface area contributed by atoms with E-state index < -0.39 is 0 Å². The standard InChI is InChI=1S/C19H17BrN2O2S/c1-12-3-8-16(9-13(12)2)24-10-18(23)22-19-21-17(11-25-19)14-4-6-15(20)7-5-14/h3-9,11H,10H2,1-2H3,(H,21,22,23). The smallest absolute Gasteiger partial charge is 0.264 e. The number of benzene rings is 2. The van der Waals surface area contributed by atoms with E-state index in [-0.39, 0.29) is 12.5 Å². The first-order chi connectivity index (χ1) is 12.0. The molecule has 1 aromatic heterocycles. The van der Waals surface area contributed by atoms with Crippen LogP contribution in [0.2, 0.25) is 0 Å². The van der Waals surface area contributed by atoms with Gasteiger partial charge in [0.05, 0.1) is 5.69 Å². The van der Waals surface area contributed by atoms with Crippen LogP contribution in [0.3, 0.4) is 0 Å². The fraction of sp³-hybridized carbons (Fsp3) is 0.158. The van der Waals surface area contributed by atoms with Crippen molar-refractivity contribution in [3.05, 3.63) is 63.4 Å². The SMILES string of the molecule is Cc1ccc(OCC(=O)Nc2nc(-c3ccc(Br)cc3)cs2)cc1C. The molecule has 0 spiro atoms. The van der Waals surface area contributed by atoms with Gasteiger partial charge >= 0.3 is 0 Å². The van der Waals surface area contributed by atoms with Gasteiger partial charge in [-0.05, 0) is 49.2 Å². The van der Waals surface area contributed by atoms with E-state index in [0.717, 1.165) is 21.3 Å². The zero-order valence-corrected chi connectivity index (χ0v) is 16.3. The van der Waals surface area contributed by atoms with E-state index in [2.05, 4.69) is 26.2 Å². The Morgan fingerprint density at radius 2 is 1.92 bits per heavy atom. The van der Waals surface area contributed by atoms with Crippen LogP contribution in [-0.4, -0.2) is 17.5 Å². The van der Waals surface area contributed by atoms with Crippen molar-refractivity contribution in [1.82, 2.24) is 4.98 Å². The Balaban J connectivity index is 1.58. The molecule has 6 heteroatoms. The lowest BCUT2D eigenvalue weighted by Crippen LogP contribution is -2.20. The number of anilines is 1. The van der Waals surface area contributed by atoms with Crippen molar-refractivity contribution in [2.75, 3.05) is 11.9 Å². The van der Waals surface area contributed by atoms with Crippen LogP contribution in [0.1, 0.15) is 11.1 Å².